The Bertz CT molecular complexity index is 962. The number of hydrogen-bond acceptors (Lipinski definition) is 5. The maximum Gasteiger partial charge on any atom is 0.315 e. The average molecular weight is 414 g/mol. The molecule has 0 saturated carbocycles. The molecule has 9 heteroatoms. The van der Waals surface area contributed by atoms with Crippen LogP contribution in [0.25, 0.3) is 5.69 Å². The summed E-state index contributed by atoms with van der Waals surface area (Å²) in [5.74, 6) is -0.617. The molecule has 4 rings (SSSR count). The molecule has 2 aliphatic heterocycles. The van der Waals surface area contributed by atoms with Crippen molar-refractivity contribution < 1.29 is 19.5 Å². The van der Waals surface area contributed by atoms with Crippen LogP contribution in [0.15, 0.2) is 24.3 Å². The Hall–Kier alpha value is -2.81. The maximum atomic E-state index is 12.7. The quantitative estimate of drug-likeness (QED) is 0.746. The molecule has 29 heavy (non-hydrogen) atoms. The molecular formula is C20H22N4O4S. The lowest BCUT2D eigenvalue weighted by Gasteiger charge is -2.29. The fourth-order valence-corrected chi connectivity index (χ4v) is 4.68. The number of rotatable bonds is 3. The molecule has 1 aromatic heterocycles. The minimum Gasteiger partial charge on any atom is -0.481 e. The van der Waals surface area contributed by atoms with E-state index >= 15 is 0 Å². The van der Waals surface area contributed by atoms with Gasteiger partial charge >= 0.3 is 17.8 Å². The zero-order chi connectivity index (χ0) is 20.5. The van der Waals surface area contributed by atoms with Gasteiger partial charge in [-0.25, -0.2) is 4.68 Å². The first-order valence-electron chi connectivity index (χ1n) is 9.52. The number of fused-ring (bicyclic) bond motifs is 1. The number of benzene rings is 1. The molecule has 8 nitrogen and oxygen atoms in total. The third kappa shape index (κ3) is 3.87. The Morgan fingerprint density at radius 2 is 1.83 bits per heavy atom. The average Bonchev–Trinajstić information content (AvgIpc) is 3.31. The normalized spacial score (nSPS) is 16.5. The van der Waals surface area contributed by atoms with E-state index in [0.29, 0.717) is 18.7 Å². The number of likely N-dealkylation sites (tertiary alicyclic amines) is 1. The molecule has 1 fully saturated rings. The van der Waals surface area contributed by atoms with Gasteiger partial charge in [0.2, 0.25) is 0 Å². The minimum absolute atomic E-state index is 0.272. The van der Waals surface area contributed by atoms with Gasteiger partial charge in [-0.1, -0.05) is 17.7 Å². The van der Waals surface area contributed by atoms with E-state index in [1.807, 2.05) is 31.2 Å². The molecule has 0 unspecified atom stereocenters. The second kappa shape index (κ2) is 7.90. The smallest absolute Gasteiger partial charge is 0.315 e. The maximum absolute atomic E-state index is 12.7. The number of carboxylic acid groups (broad SMARTS) is 1. The number of aryl methyl sites for hydroxylation is 1. The number of nitrogens with one attached hydrogen (secondary N) is 1. The van der Waals surface area contributed by atoms with Crippen LogP contribution in [0.5, 0.6) is 0 Å². The second-order valence-electron chi connectivity index (χ2n) is 7.37. The van der Waals surface area contributed by atoms with Crippen LogP contribution in [0.2, 0.25) is 0 Å². The van der Waals surface area contributed by atoms with Crippen LogP contribution in [-0.2, 0) is 25.9 Å². The summed E-state index contributed by atoms with van der Waals surface area (Å²) < 4.78 is 1.69. The summed E-state index contributed by atoms with van der Waals surface area (Å²) >= 11 is 1.72. The highest BCUT2D eigenvalue weighted by atomic mass is 32.2. The van der Waals surface area contributed by atoms with Crippen LogP contribution in [0.4, 0.5) is 5.82 Å². The number of thioether (sulfide) groups is 1. The van der Waals surface area contributed by atoms with Gasteiger partial charge in [0.1, 0.15) is 5.82 Å². The predicted octanol–water partition coefficient (Wildman–Crippen LogP) is 2.19. The van der Waals surface area contributed by atoms with Gasteiger partial charge in [-0.15, -0.1) is 0 Å². The molecule has 2 amide bonds. The topological polar surface area (TPSA) is 105 Å². The molecule has 0 atom stereocenters. The first-order chi connectivity index (χ1) is 13.9. The van der Waals surface area contributed by atoms with Gasteiger partial charge in [-0.05, 0) is 31.9 Å². The van der Waals surface area contributed by atoms with Gasteiger partial charge in [-0.3, -0.25) is 14.4 Å². The summed E-state index contributed by atoms with van der Waals surface area (Å²) in [6.45, 7) is 2.54. The summed E-state index contributed by atoms with van der Waals surface area (Å²) in [6, 6.07) is 7.80. The molecule has 0 aliphatic carbocycles. The molecule has 1 aromatic carbocycles. The monoisotopic (exact) mass is 414 g/mol. The van der Waals surface area contributed by atoms with Gasteiger partial charge in [-0.2, -0.15) is 16.9 Å². The van der Waals surface area contributed by atoms with E-state index in [4.69, 9.17) is 5.11 Å². The lowest BCUT2D eigenvalue weighted by atomic mass is 9.97. The van der Waals surface area contributed by atoms with E-state index < -0.39 is 23.7 Å². The number of anilines is 1. The van der Waals surface area contributed by atoms with Crippen LogP contribution in [0.1, 0.15) is 29.7 Å². The Balaban J connectivity index is 1.53. The molecule has 1 saturated heterocycles. The zero-order valence-corrected chi connectivity index (χ0v) is 16.9. The molecule has 3 heterocycles. The molecule has 2 N–H and O–H groups in total. The highest BCUT2D eigenvalue weighted by Crippen LogP contribution is 2.36. The third-order valence-corrected chi connectivity index (χ3v) is 6.36. The molecule has 0 radical (unpaired) electrons. The summed E-state index contributed by atoms with van der Waals surface area (Å²) in [7, 11) is 0. The summed E-state index contributed by atoms with van der Waals surface area (Å²) in [4.78, 5) is 37.8. The predicted molar refractivity (Wildman–Crippen MR) is 109 cm³/mol. The first kappa shape index (κ1) is 19.5. The van der Waals surface area contributed by atoms with E-state index in [2.05, 4.69) is 10.4 Å². The zero-order valence-electron chi connectivity index (χ0n) is 16.1. The largest absolute Gasteiger partial charge is 0.481 e. The van der Waals surface area contributed by atoms with Gasteiger partial charge in [0.15, 0.2) is 0 Å². The summed E-state index contributed by atoms with van der Waals surface area (Å²) in [6.07, 6.45) is 0.726. The minimum atomic E-state index is -0.850. The van der Waals surface area contributed by atoms with E-state index in [9.17, 15) is 14.4 Å². The van der Waals surface area contributed by atoms with Gasteiger partial charge in [0.25, 0.3) is 0 Å². The SMILES string of the molecule is Cc1ccc(-n2nc3c(c2NC(=O)C(=O)N2CCC(C(=O)O)CC2)CSC3)cc1. The van der Waals surface area contributed by atoms with E-state index in [0.717, 1.165) is 34.0 Å². The lowest BCUT2D eigenvalue weighted by molar-refractivity contribution is -0.148. The van der Waals surface area contributed by atoms with Crippen molar-refractivity contribution >= 4 is 35.4 Å². The van der Waals surface area contributed by atoms with Crippen LogP contribution >= 0.6 is 11.8 Å². The standard InChI is InChI=1S/C20H22N4O4S/c1-12-2-4-14(5-3-12)24-17(15-10-29-11-16(15)22-24)21-18(25)19(26)23-8-6-13(7-9-23)20(27)28/h2-5,13H,6-11H2,1H3,(H,21,25)(H,27,28). The van der Waals surface area contributed by atoms with Crippen LogP contribution in [-0.4, -0.2) is 50.7 Å². The van der Waals surface area contributed by atoms with Crippen molar-refractivity contribution in [1.29, 1.82) is 0 Å². The Kier molecular flexibility index (Phi) is 5.31. The molecule has 2 aliphatic rings. The van der Waals surface area contributed by atoms with Crippen molar-refractivity contribution in [3.63, 3.8) is 0 Å². The number of aromatic nitrogens is 2. The number of nitrogens with zero attached hydrogens (tertiary/aromatic N) is 3. The number of hydrogen-bond donors (Lipinski definition) is 2. The Labute approximate surface area is 172 Å². The van der Waals surface area contributed by atoms with Crippen LogP contribution in [0, 0.1) is 12.8 Å². The third-order valence-electron chi connectivity index (χ3n) is 5.39. The summed E-state index contributed by atoms with van der Waals surface area (Å²) in [5.41, 5.74) is 3.80. The van der Waals surface area contributed by atoms with Crippen molar-refractivity contribution in [2.45, 2.75) is 31.3 Å². The van der Waals surface area contributed by atoms with Crippen molar-refractivity contribution in [3.8, 4) is 5.69 Å². The number of carbonyl (C=O) groups is 3. The highest BCUT2D eigenvalue weighted by molar-refractivity contribution is 7.98. The molecular weight excluding hydrogens is 392 g/mol. The molecule has 2 aromatic rings. The van der Waals surface area contributed by atoms with Crippen LogP contribution < -0.4 is 5.32 Å². The number of aliphatic carboxylic acids is 1. The highest BCUT2D eigenvalue weighted by Gasteiger charge is 2.32. The Morgan fingerprint density at radius 1 is 1.14 bits per heavy atom. The van der Waals surface area contributed by atoms with Crippen molar-refractivity contribution in [3.05, 3.63) is 41.1 Å². The van der Waals surface area contributed by atoms with Crippen LogP contribution in [0.3, 0.4) is 0 Å². The number of amides is 2. The van der Waals surface area contributed by atoms with E-state index in [-0.39, 0.29) is 13.1 Å². The number of piperidine rings is 1. The lowest BCUT2D eigenvalue weighted by Crippen LogP contribution is -2.45. The fourth-order valence-electron chi connectivity index (χ4n) is 3.65. The number of carbonyl (C=O) groups excluding carboxylic acids is 2. The Morgan fingerprint density at radius 3 is 2.48 bits per heavy atom. The van der Waals surface area contributed by atoms with Gasteiger partial charge < -0.3 is 15.3 Å². The summed E-state index contributed by atoms with van der Waals surface area (Å²) in [5, 5.41) is 16.5. The van der Waals surface area contributed by atoms with Gasteiger partial charge in [0, 0.05) is 30.2 Å². The van der Waals surface area contributed by atoms with Crippen molar-refractivity contribution in [1.82, 2.24) is 14.7 Å². The molecule has 0 bridgehead atoms. The molecule has 152 valence electrons. The number of carboxylic acids is 1. The van der Waals surface area contributed by atoms with E-state index in [1.54, 1.807) is 16.4 Å². The fraction of sp³-hybridized carbons (Fsp3) is 0.400. The van der Waals surface area contributed by atoms with Gasteiger partial charge in [0.05, 0.1) is 17.3 Å². The first-order valence-corrected chi connectivity index (χ1v) is 10.7. The van der Waals surface area contributed by atoms with E-state index in [1.165, 1.54) is 4.90 Å². The van der Waals surface area contributed by atoms with Crippen molar-refractivity contribution in [2.75, 3.05) is 18.4 Å². The second-order valence-corrected chi connectivity index (χ2v) is 8.36. The van der Waals surface area contributed by atoms with Crippen molar-refractivity contribution in [2.24, 2.45) is 5.92 Å². The molecule has 0 spiro atoms.